The fourth-order valence-corrected chi connectivity index (χ4v) is 3.77. The van der Waals surface area contributed by atoms with Gasteiger partial charge in [-0.1, -0.05) is 24.3 Å². The Morgan fingerprint density at radius 3 is 2.95 bits per heavy atom. The Balaban J connectivity index is 1.65. The number of amides is 1. The molecule has 108 valence electrons. The van der Waals surface area contributed by atoms with Gasteiger partial charge in [0.05, 0.1) is 10.2 Å². The molecule has 2 heterocycles. The zero-order valence-electron chi connectivity index (χ0n) is 11.8. The van der Waals surface area contributed by atoms with Gasteiger partial charge in [0, 0.05) is 6.42 Å². The number of aryl methyl sites for hydroxylation is 2. The van der Waals surface area contributed by atoms with Gasteiger partial charge in [-0.3, -0.25) is 4.79 Å². The van der Waals surface area contributed by atoms with Gasteiger partial charge < -0.3 is 5.32 Å². The van der Waals surface area contributed by atoms with E-state index >= 15 is 0 Å². The third kappa shape index (κ3) is 3.49. The van der Waals surface area contributed by atoms with Gasteiger partial charge in [-0.05, 0) is 52.9 Å². The number of thiazole rings is 1. The van der Waals surface area contributed by atoms with Crippen LogP contribution >= 0.6 is 22.7 Å². The topological polar surface area (TPSA) is 42.0 Å². The summed E-state index contributed by atoms with van der Waals surface area (Å²) in [5.74, 6) is 0.0240. The molecule has 1 N–H and O–H groups in total. The Bertz CT molecular complexity index is 747. The van der Waals surface area contributed by atoms with Gasteiger partial charge in [0.2, 0.25) is 5.91 Å². The maximum Gasteiger partial charge on any atom is 0.226 e. The second-order valence-corrected chi connectivity index (χ2v) is 6.67. The van der Waals surface area contributed by atoms with E-state index in [1.165, 1.54) is 22.5 Å². The van der Waals surface area contributed by atoms with Gasteiger partial charge in [0.25, 0.3) is 0 Å². The fraction of sp³-hybridized carbons (Fsp3) is 0.250. The summed E-state index contributed by atoms with van der Waals surface area (Å²) in [7, 11) is 0. The van der Waals surface area contributed by atoms with Crippen molar-refractivity contribution in [2.75, 3.05) is 5.32 Å². The summed E-state index contributed by atoms with van der Waals surface area (Å²) < 4.78 is 1.13. The Kier molecular flexibility index (Phi) is 4.31. The number of carbonyl (C=O) groups is 1. The number of benzene rings is 1. The first-order valence-electron chi connectivity index (χ1n) is 6.95. The molecule has 3 rings (SSSR count). The predicted octanol–water partition coefficient (Wildman–Crippen LogP) is 4.49. The molecule has 0 bridgehead atoms. The molecular formula is C16H16N2OS2. The molecule has 0 atom stereocenters. The van der Waals surface area contributed by atoms with Gasteiger partial charge in [-0.25, -0.2) is 4.98 Å². The maximum absolute atomic E-state index is 12.0. The summed E-state index contributed by atoms with van der Waals surface area (Å²) >= 11 is 3.20. The van der Waals surface area contributed by atoms with Crippen molar-refractivity contribution in [1.82, 2.24) is 4.98 Å². The van der Waals surface area contributed by atoms with E-state index < -0.39 is 0 Å². The summed E-state index contributed by atoms with van der Waals surface area (Å²) in [5.41, 5.74) is 3.46. The van der Waals surface area contributed by atoms with Gasteiger partial charge in [-0.2, -0.15) is 11.3 Å². The summed E-state index contributed by atoms with van der Waals surface area (Å²) in [6.07, 6.45) is 2.28. The molecule has 0 aliphatic heterocycles. The van der Waals surface area contributed by atoms with Gasteiger partial charge >= 0.3 is 0 Å². The summed E-state index contributed by atoms with van der Waals surface area (Å²) in [5, 5.41) is 7.71. The highest BCUT2D eigenvalue weighted by Crippen LogP contribution is 2.27. The Hall–Kier alpha value is -1.72. The molecule has 0 saturated carbocycles. The van der Waals surface area contributed by atoms with E-state index in [0.717, 1.165) is 23.1 Å². The normalized spacial score (nSPS) is 10.9. The van der Waals surface area contributed by atoms with Crippen LogP contribution in [0.15, 0.2) is 35.0 Å². The van der Waals surface area contributed by atoms with Crippen molar-refractivity contribution in [2.24, 2.45) is 0 Å². The van der Waals surface area contributed by atoms with E-state index in [4.69, 9.17) is 0 Å². The van der Waals surface area contributed by atoms with Crippen LogP contribution in [0.4, 0.5) is 5.13 Å². The van der Waals surface area contributed by atoms with Crippen molar-refractivity contribution >= 4 is 43.9 Å². The minimum absolute atomic E-state index is 0.0240. The number of fused-ring (bicyclic) bond motifs is 1. The van der Waals surface area contributed by atoms with Crippen LogP contribution in [0.25, 0.3) is 10.2 Å². The Labute approximate surface area is 131 Å². The number of nitrogens with one attached hydrogen (secondary N) is 1. The standard InChI is InChI=1S/C16H16N2OS2/c1-2-11-3-5-13-14(9-11)21-16(17-13)18-15(19)6-4-12-7-8-20-10-12/h3,5,7-10H,2,4,6H2,1H3,(H,17,18,19). The van der Waals surface area contributed by atoms with E-state index in [0.29, 0.717) is 11.6 Å². The quantitative estimate of drug-likeness (QED) is 0.753. The highest BCUT2D eigenvalue weighted by molar-refractivity contribution is 7.22. The van der Waals surface area contributed by atoms with E-state index in [2.05, 4.69) is 40.8 Å². The average Bonchev–Trinajstić information content (AvgIpc) is 3.13. The highest BCUT2D eigenvalue weighted by atomic mass is 32.1. The minimum Gasteiger partial charge on any atom is -0.302 e. The number of aromatic nitrogens is 1. The van der Waals surface area contributed by atoms with Crippen LogP contribution in [-0.2, 0) is 17.6 Å². The lowest BCUT2D eigenvalue weighted by molar-refractivity contribution is -0.116. The van der Waals surface area contributed by atoms with Crippen LogP contribution in [0.2, 0.25) is 0 Å². The minimum atomic E-state index is 0.0240. The molecule has 3 nitrogen and oxygen atoms in total. The van der Waals surface area contributed by atoms with Crippen molar-refractivity contribution in [3.63, 3.8) is 0 Å². The molecule has 0 fully saturated rings. The zero-order chi connectivity index (χ0) is 14.7. The summed E-state index contributed by atoms with van der Waals surface area (Å²) in [4.78, 5) is 16.4. The first-order valence-corrected chi connectivity index (χ1v) is 8.71. The molecule has 21 heavy (non-hydrogen) atoms. The molecule has 0 saturated heterocycles. The third-order valence-corrected chi connectivity index (χ3v) is 4.99. The smallest absolute Gasteiger partial charge is 0.226 e. The number of hydrogen-bond acceptors (Lipinski definition) is 4. The van der Waals surface area contributed by atoms with Crippen molar-refractivity contribution < 1.29 is 4.79 Å². The van der Waals surface area contributed by atoms with E-state index in [1.54, 1.807) is 11.3 Å². The number of nitrogens with zero attached hydrogens (tertiary/aromatic N) is 1. The molecule has 2 aromatic heterocycles. The predicted molar refractivity (Wildman–Crippen MR) is 90.3 cm³/mol. The van der Waals surface area contributed by atoms with Gasteiger partial charge in [0.15, 0.2) is 5.13 Å². The number of carbonyl (C=O) groups excluding carboxylic acids is 1. The number of rotatable bonds is 5. The molecule has 1 amide bonds. The van der Waals surface area contributed by atoms with Crippen molar-refractivity contribution in [1.29, 1.82) is 0 Å². The van der Waals surface area contributed by atoms with Crippen LogP contribution in [0.3, 0.4) is 0 Å². The van der Waals surface area contributed by atoms with E-state index in [-0.39, 0.29) is 5.91 Å². The lowest BCUT2D eigenvalue weighted by Crippen LogP contribution is -2.11. The lowest BCUT2D eigenvalue weighted by atomic mass is 10.2. The van der Waals surface area contributed by atoms with Crippen molar-refractivity contribution in [2.45, 2.75) is 26.2 Å². The molecule has 0 unspecified atom stereocenters. The molecule has 0 spiro atoms. The van der Waals surface area contributed by atoms with E-state index in [9.17, 15) is 4.79 Å². The van der Waals surface area contributed by atoms with E-state index in [1.807, 2.05) is 11.4 Å². The van der Waals surface area contributed by atoms with Gasteiger partial charge in [0.1, 0.15) is 0 Å². The van der Waals surface area contributed by atoms with Crippen molar-refractivity contribution in [3.8, 4) is 0 Å². The zero-order valence-corrected chi connectivity index (χ0v) is 13.4. The first-order chi connectivity index (χ1) is 10.2. The molecule has 3 aromatic rings. The van der Waals surface area contributed by atoms with Gasteiger partial charge in [-0.15, -0.1) is 0 Å². The van der Waals surface area contributed by atoms with Crippen molar-refractivity contribution in [3.05, 3.63) is 46.2 Å². The number of thiophene rings is 1. The Morgan fingerprint density at radius 1 is 1.29 bits per heavy atom. The van der Waals surface area contributed by atoms with Crippen LogP contribution in [0.1, 0.15) is 24.5 Å². The average molecular weight is 316 g/mol. The largest absolute Gasteiger partial charge is 0.302 e. The monoisotopic (exact) mass is 316 g/mol. The summed E-state index contributed by atoms with van der Waals surface area (Å²) in [6.45, 7) is 2.13. The molecular weight excluding hydrogens is 300 g/mol. The lowest BCUT2D eigenvalue weighted by Gasteiger charge is -1.99. The molecule has 0 radical (unpaired) electrons. The first kappa shape index (κ1) is 14.2. The molecule has 5 heteroatoms. The molecule has 1 aromatic carbocycles. The highest BCUT2D eigenvalue weighted by Gasteiger charge is 2.08. The van der Waals surface area contributed by atoms with Crippen LogP contribution in [-0.4, -0.2) is 10.9 Å². The number of anilines is 1. The Morgan fingerprint density at radius 2 is 2.19 bits per heavy atom. The third-order valence-electron chi connectivity index (χ3n) is 3.33. The second kappa shape index (κ2) is 6.37. The number of hydrogen-bond donors (Lipinski definition) is 1. The maximum atomic E-state index is 12.0. The SMILES string of the molecule is CCc1ccc2nc(NC(=O)CCc3ccsc3)sc2c1. The fourth-order valence-electron chi connectivity index (χ4n) is 2.12. The van der Waals surface area contributed by atoms with Crippen LogP contribution < -0.4 is 5.32 Å². The summed E-state index contributed by atoms with van der Waals surface area (Å²) in [6, 6.07) is 8.31. The van der Waals surface area contributed by atoms with Crippen LogP contribution in [0, 0.1) is 0 Å². The molecule has 0 aliphatic carbocycles. The second-order valence-electron chi connectivity index (χ2n) is 4.85. The molecule has 0 aliphatic rings. The van der Waals surface area contributed by atoms with Crippen LogP contribution in [0.5, 0.6) is 0 Å².